The third kappa shape index (κ3) is 7.69. The molecule has 0 aromatic carbocycles. The molecule has 0 aromatic rings. The molecule has 0 spiro atoms. The van der Waals surface area contributed by atoms with E-state index in [0.717, 1.165) is 11.8 Å². The number of nitrogens with two attached hydrogens (primary N) is 1. The minimum absolute atomic E-state index is 0.0339. The number of rotatable bonds is 7. The summed E-state index contributed by atoms with van der Waals surface area (Å²) >= 11 is 1.14. The highest BCUT2D eigenvalue weighted by atomic mass is 32.2. The molecule has 0 aliphatic rings. The van der Waals surface area contributed by atoms with Gasteiger partial charge in [-0.15, -0.1) is 18.3 Å². The number of amides is 3. The van der Waals surface area contributed by atoms with Crippen LogP contribution in [0.15, 0.2) is 12.7 Å². The number of nitrogens with one attached hydrogen (secondary N) is 2. The molecule has 18 heavy (non-hydrogen) atoms. The number of carbonyl (C=O) groups excluding carboxylic acids is 3. The standard InChI is InChI=1S/C10H17N3O4S/c1-3-4-12-10(16)13-8(14)6-18-5-7(11)9(15)17-2/h3,7H,1,4-6,11H2,2H3,(H2,12,13,14,16). The number of hydrogen-bond acceptors (Lipinski definition) is 6. The second-order valence-corrected chi connectivity index (χ2v) is 4.22. The number of urea groups is 1. The summed E-state index contributed by atoms with van der Waals surface area (Å²) in [5.74, 6) is -0.717. The average molecular weight is 275 g/mol. The van der Waals surface area contributed by atoms with Crippen molar-refractivity contribution in [3.63, 3.8) is 0 Å². The van der Waals surface area contributed by atoms with Gasteiger partial charge in [0, 0.05) is 12.3 Å². The summed E-state index contributed by atoms with van der Waals surface area (Å²) in [6.07, 6.45) is 1.49. The van der Waals surface area contributed by atoms with Crippen molar-refractivity contribution in [1.29, 1.82) is 0 Å². The van der Waals surface area contributed by atoms with E-state index in [-0.39, 0.29) is 18.1 Å². The van der Waals surface area contributed by atoms with Crippen molar-refractivity contribution in [2.45, 2.75) is 6.04 Å². The zero-order chi connectivity index (χ0) is 14.0. The number of ether oxygens (including phenoxy) is 1. The van der Waals surface area contributed by atoms with E-state index in [9.17, 15) is 14.4 Å². The molecule has 0 fully saturated rings. The predicted molar refractivity (Wildman–Crippen MR) is 69.1 cm³/mol. The van der Waals surface area contributed by atoms with Crippen molar-refractivity contribution in [1.82, 2.24) is 10.6 Å². The van der Waals surface area contributed by atoms with Crippen LogP contribution in [-0.2, 0) is 14.3 Å². The molecule has 0 rings (SSSR count). The largest absolute Gasteiger partial charge is 0.468 e. The molecule has 0 saturated carbocycles. The second kappa shape index (κ2) is 9.49. The lowest BCUT2D eigenvalue weighted by Gasteiger charge is -2.08. The number of hydrogen-bond donors (Lipinski definition) is 3. The number of imide groups is 1. The lowest BCUT2D eigenvalue weighted by atomic mass is 10.4. The minimum atomic E-state index is -0.776. The van der Waals surface area contributed by atoms with E-state index in [1.807, 2.05) is 0 Å². The van der Waals surface area contributed by atoms with Gasteiger partial charge in [0.05, 0.1) is 12.9 Å². The van der Waals surface area contributed by atoms with Gasteiger partial charge in [-0.2, -0.15) is 0 Å². The smallest absolute Gasteiger partial charge is 0.323 e. The van der Waals surface area contributed by atoms with Gasteiger partial charge in [-0.1, -0.05) is 6.08 Å². The molecular weight excluding hydrogens is 258 g/mol. The molecule has 7 nitrogen and oxygen atoms in total. The van der Waals surface area contributed by atoms with Crippen LogP contribution in [0.5, 0.6) is 0 Å². The van der Waals surface area contributed by atoms with Crippen molar-refractivity contribution in [3.05, 3.63) is 12.7 Å². The third-order valence-corrected chi connectivity index (χ3v) is 2.76. The van der Waals surface area contributed by atoms with Crippen molar-refractivity contribution in [2.24, 2.45) is 5.73 Å². The number of carbonyl (C=O) groups is 3. The van der Waals surface area contributed by atoms with Crippen LogP contribution >= 0.6 is 11.8 Å². The van der Waals surface area contributed by atoms with Gasteiger partial charge in [-0.25, -0.2) is 4.79 Å². The van der Waals surface area contributed by atoms with Gasteiger partial charge in [-0.05, 0) is 0 Å². The Bertz CT molecular complexity index is 322. The van der Waals surface area contributed by atoms with E-state index in [1.165, 1.54) is 13.2 Å². The first kappa shape index (κ1) is 16.5. The summed E-state index contributed by atoms with van der Waals surface area (Å²) < 4.78 is 4.43. The monoisotopic (exact) mass is 275 g/mol. The minimum Gasteiger partial charge on any atom is -0.468 e. The molecule has 1 unspecified atom stereocenters. The van der Waals surface area contributed by atoms with E-state index < -0.39 is 23.9 Å². The Morgan fingerprint density at radius 1 is 1.50 bits per heavy atom. The average Bonchev–Trinajstić information content (AvgIpc) is 2.34. The SMILES string of the molecule is C=CCNC(=O)NC(=O)CSCC(N)C(=O)OC. The molecule has 4 N–H and O–H groups in total. The van der Waals surface area contributed by atoms with E-state index in [2.05, 4.69) is 21.9 Å². The van der Waals surface area contributed by atoms with E-state index in [4.69, 9.17) is 5.73 Å². The molecule has 0 radical (unpaired) electrons. The molecule has 0 saturated heterocycles. The van der Waals surface area contributed by atoms with Crippen LogP contribution in [0.1, 0.15) is 0 Å². The van der Waals surface area contributed by atoms with E-state index in [1.54, 1.807) is 0 Å². The van der Waals surface area contributed by atoms with Gasteiger partial charge < -0.3 is 15.8 Å². The molecular formula is C10H17N3O4S. The highest BCUT2D eigenvalue weighted by Gasteiger charge is 2.14. The quantitative estimate of drug-likeness (QED) is 0.416. The maximum absolute atomic E-state index is 11.3. The molecule has 0 heterocycles. The molecule has 102 valence electrons. The molecule has 0 bridgehead atoms. The predicted octanol–water partition coefficient (Wildman–Crippen LogP) is -0.768. The van der Waals surface area contributed by atoms with Gasteiger partial charge in [0.25, 0.3) is 0 Å². The van der Waals surface area contributed by atoms with Gasteiger partial charge >= 0.3 is 12.0 Å². The van der Waals surface area contributed by atoms with Gasteiger partial charge in [0.1, 0.15) is 6.04 Å². The lowest BCUT2D eigenvalue weighted by Crippen LogP contribution is -2.40. The number of esters is 1. The second-order valence-electron chi connectivity index (χ2n) is 3.19. The van der Waals surface area contributed by atoms with Crippen molar-refractivity contribution in [3.8, 4) is 0 Å². The maximum atomic E-state index is 11.3. The number of methoxy groups -OCH3 is 1. The summed E-state index contributed by atoms with van der Waals surface area (Å²) in [7, 11) is 1.24. The fraction of sp³-hybridized carbons (Fsp3) is 0.500. The molecule has 3 amide bonds. The summed E-state index contributed by atoms with van der Waals surface area (Å²) in [6, 6.07) is -1.36. The highest BCUT2D eigenvalue weighted by Crippen LogP contribution is 2.02. The van der Waals surface area contributed by atoms with Crippen LogP contribution in [0.2, 0.25) is 0 Å². The Balaban J connectivity index is 3.74. The fourth-order valence-electron chi connectivity index (χ4n) is 0.870. The summed E-state index contributed by atoms with van der Waals surface area (Å²) in [5, 5.41) is 4.51. The molecule has 8 heteroatoms. The number of thioether (sulfide) groups is 1. The third-order valence-electron chi connectivity index (χ3n) is 1.69. The Labute approximate surface area is 109 Å². The maximum Gasteiger partial charge on any atom is 0.323 e. The zero-order valence-electron chi connectivity index (χ0n) is 10.1. The van der Waals surface area contributed by atoms with Crippen LogP contribution < -0.4 is 16.4 Å². The summed E-state index contributed by atoms with van der Waals surface area (Å²) in [6.45, 7) is 3.69. The molecule has 1 atom stereocenters. The normalized spacial score (nSPS) is 11.2. The lowest BCUT2D eigenvalue weighted by molar-refractivity contribution is -0.141. The Morgan fingerprint density at radius 3 is 2.72 bits per heavy atom. The highest BCUT2D eigenvalue weighted by molar-refractivity contribution is 8.00. The van der Waals surface area contributed by atoms with Gasteiger partial charge in [-0.3, -0.25) is 14.9 Å². The summed E-state index contributed by atoms with van der Waals surface area (Å²) in [4.78, 5) is 33.3. The van der Waals surface area contributed by atoms with Crippen LogP contribution in [0.3, 0.4) is 0 Å². The van der Waals surface area contributed by atoms with Crippen LogP contribution in [0.4, 0.5) is 4.79 Å². The first-order valence-corrected chi connectivity index (χ1v) is 6.26. The van der Waals surface area contributed by atoms with Crippen molar-refractivity contribution >= 4 is 29.7 Å². The molecule has 0 aliphatic heterocycles. The summed E-state index contributed by atoms with van der Waals surface area (Å²) in [5.41, 5.74) is 5.46. The first-order chi connectivity index (χ1) is 8.51. The Hall–Kier alpha value is -1.54. The van der Waals surface area contributed by atoms with Crippen LogP contribution in [-0.4, -0.2) is 49.1 Å². The Morgan fingerprint density at radius 2 is 2.17 bits per heavy atom. The molecule has 0 aromatic heterocycles. The van der Waals surface area contributed by atoms with Gasteiger partial charge in [0.2, 0.25) is 5.91 Å². The zero-order valence-corrected chi connectivity index (χ0v) is 10.9. The Kier molecular flexibility index (Phi) is 8.67. The van der Waals surface area contributed by atoms with Crippen molar-refractivity contribution in [2.75, 3.05) is 25.2 Å². The van der Waals surface area contributed by atoms with Crippen molar-refractivity contribution < 1.29 is 19.1 Å². The van der Waals surface area contributed by atoms with Gasteiger partial charge in [0.15, 0.2) is 0 Å². The van der Waals surface area contributed by atoms with Crippen LogP contribution in [0.25, 0.3) is 0 Å². The van der Waals surface area contributed by atoms with E-state index in [0.29, 0.717) is 0 Å². The topological polar surface area (TPSA) is 111 Å². The van der Waals surface area contributed by atoms with Crippen LogP contribution in [0, 0.1) is 0 Å². The molecule has 0 aliphatic carbocycles. The fourth-order valence-corrected chi connectivity index (χ4v) is 1.64. The first-order valence-electron chi connectivity index (χ1n) is 5.11. The van der Waals surface area contributed by atoms with E-state index >= 15 is 0 Å².